The molecule has 5 heteroatoms. The average Bonchev–Trinajstić information content (AvgIpc) is 2.20. The predicted molar refractivity (Wildman–Crippen MR) is 59.9 cm³/mol. The molecule has 0 amide bonds. The van der Waals surface area contributed by atoms with Crippen molar-refractivity contribution >= 4 is 34.8 Å². The summed E-state index contributed by atoms with van der Waals surface area (Å²) in [5, 5.41) is 9.28. The van der Waals surface area contributed by atoms with Gasteiger partial charge in [0.05, 0.1) is 12.1 Å². The molecule has 1 aliphatic rings. The largest absolute Gasteiger partial charge is 0.477 e. The van der Waals surface area contributed by atoms with Crippen molar-refractivity contribution in [1.29, 1.82) is 0 Å². The molecule has 1 aliphatic heterocycles. The number of fused-ring (bicyclic) bond motifs is 1. The molecule has 0 bridgehead atoms. The Hall–Kier alpha value is -1.68. The van der Waals surface area contributed by atoms with Crippen molar-refractivity contribution in [1.82, 2.24) is 0 Å². The van der Waals surface area contributed by atoms with E-state index in [1.54, 1.807) is 13.0 Å². The van der Waals surface area contributed by atoms with Crippen LogP contribution in [0.25, 0.3) is 0 Å². The first kappa shape index (κ1) is 10.8. The summed E-state index contributed by atoms with van der Waals surface area (Å²) >= 11 is 5.89. The van der Waals surface area contributed by atoms with Gasteiger partial charge in [0.1, 0.15) is 5.71 Å². The zero-order valence-electron chi connectivity index (χ0n) is 8.45. The molecule has 0 fully saturated rings. The van der Waals surface area contributed by atoms with Crippen LogP contribution in [0.1, 0.15) is 22.3 Å². The van der Waals surface area contributed by atoms with Crippen molar-refractivity contribution in [2.45, 2.75) is 13.3 Å². The molecule has 82 valence electrons. The number of carbonyl (C=O) groups excluding carboxylic acids is 1. The summed E-state index contributed by atoms with van der Waals surface area (Å²) in [5.41, 5.74) is 1.42. The van der Waals surface area contributed by atoms with E-state index < -0.39 is 5.97 Å². The van der Waals surface area contributed by atoms with Gasteiger partial charge >= 0.3 is 5.97 Å². The van der Waals surface area contributed by atoms with Crippen LogP contribution in [0.2, 0.25) is 5.02 Å². The number of carboxylic acids is 1. The van der Waals surface area contributed by atoms with Crippen molar-refractivity contribution in [3.05, 3.63) is 28.3 Å². The molecule has 1 aromatic carbocycles. The highest BCUT2D eigenvalue weighted by Gasteiger charge is 2.24. The van der Waals surface area contributed by atoms with E-state index in [1.807, 2.05) is 0 Å². The number of ketones is 1. The Morgan fingerprint density at radius 2 is 2.19 bits per heavy atom. The molecular weight excluding hydrogens is 230 g/mol. The number of Topliss-reactive ketones (excluding diaryl/α,β-unsaturated/α-hetero) is 1. The first-order valence-corrected chi connectivity index (χ1v) is 5.01. The third-order valence-electron chi connectivity index (χ3n) is 2.41. The summed E-state index contributed by atoms with van der Waals surface area (Å²) in [5.74, 6) is -1.42. The monoisotopic (exact) mass is 237 g/mol. The molecule has 1 N–H and O–H groups in total. The van der Waals surface area contributed by atoms with Gasteiger partial charge < -0.3 is 5.11 Å². The highest BCUT2D eigenvalue weighted by molar-refractivity contribution is 6.42. The van der Waals surface area contributed by atoms with Crippen molar-refractivity contribution < 1.29 is 14.7 Å². The van der Waals surface area contributed by atoms with Gasteiger partial charge in [0, 0.05) is 10.6 Å². The maximum absolute atomic E-state index is 11.7. The van der Waals surface area contributed by atoms with Gasteiger partial charge in [0.25, 0.3) is 0 Å². The maximum atomic E-state index is 11.7. The normalized spacial score (nSPS) is 14.4. The average molecular weight is 238 g/mol. The molecule has 0 radical (unpaired) electrons. The minimum atomic E-state index is -1.16. The summed E-state index contributed by atoms with van der Waals surface area (Å²) in [6.07, 6.45) is -0.179. The van der Waals surface area contributed by atoms with E-state index in [9.17, 15) is 9.59 Å². The fourth-order valence-electron chi connectivity index (χ4n) is 1.54. The zero-order chi connectivity index (χ0) is 11.9. The van der Waals surface area contributed by atoms with Gasteiger partial charge in [0.2, 0.25) is 0 Å². The number of hydrogen-bond donors (Lipinski definition) is 1. The second kappa shape index (κ2) is 3.72. The molecule has 0 saturated carbocycles. The molecule has 2 rings (SSSR count). The number of nitrogens with zero attached hydrogens (tertiary/aromatic N) is 1. The van der Waals surface area contributed by atoms with Crippen molar-refractivity contribution in [3.63, 3.8) is 0 Å². The standard InChI is InChI=1S/C11H8ClNO3/c1-5-2-8-6(3-7(5)12)10(14)4-9(13-8)11(15)16/h2-3H,4H2,1H3,(H,15,16). The van der Waals surface area contributed by atoms with Crippen LogP contribution in [-0.2, 0) is 4.79 Å². The molecule has 1 aromatic rings. The number of aliphatic carboxylic acids is 1. The summed E-state index contributed by atoms with van der Waals surface area (Å²) in [4.78, 5) is 26.3. The molecular formula is C11H8ClNO3. The van der Waals surface area contributed by atoms with Crippen molar-refractivity contribution in [3.8, 4) is 0 Å². The number of hydrogen-bond acceptors (Lipinski definition) is 3. The molecule has 16 heavy (non-hydrogen) atoms. The minimum absolute atomic E-state index is 0.126. The van der Waals surface area contributed by atoms with Crippen molar-refractivity contribution in [2.24, 2.45) is 4.99 Å². The van der Waals surface area contributed by atoms with E-state index in [-0.39, 0.29) is 17.9 Å². The molecule has 0 unspecified atom stereocenters. The van der Waals surface area contributed by atoms with E-state index >= 15 is 0 Å². The first-order chi connectivity index (χ1) is 7.49. The third-order valence-corrected chi connectivity index (χ3v) is 2.81. The summed E-state index contributed by atoms with van der Waals surface area (Å²) < 4.78 is 0. The minimum Gasteiger partial charge on any atom is -0.477 e. The number of carbonyl (C=O) groups is 2. The van der Waals surface area contributed by atoms with E-state index in [0.29, 0.717) is 16.3 Å². The van der Waals surface area contributed by atoms with E-state index in [2.05, 4.69) is 4.99 Å². The Morgan fingerprint density at radius 3 is 2.81 bits per heavy atom. The Balaban J connectivity index is 2.62. The lowest BCUT2D eigenvalue weighted by molar-refractivity contribution is -0.129. The topological polar surface area (TPSA) is 66.7 Å². The second-order valence-corrected chi connectivity index (χ2v) is 3.99. The number of aryl methyl sites for hydroxylation is 1. The molecule has 1 heterocycles. The van der Waals surface area contributed by atoms with Crippen LogP contribution >= 0.6 is 11.6 Å². The predicted octanol–water partition coefficient (Wildman–Crippen LogP) is 2.39. The van der Waals surface area contributed by atoms with Gasteiger partial charge in [0.15, 0.2) is 5.78 Å². The molecule has 0 saturated heterocycles. The van der Waals surface area contributed by atoms with Gasteiger partial charge in [-0.05, 0) is 24.6 Å². The lowest BCUT2D eigenvalue weighted by atomic mass is 9.98. The second-order valence-electron chi connectivity index (χ2n) is 3.58. The van der Waals surface area contributed by atoms with E-state index in [1.165, 1.54) is 6.07 Å². The van der Waals surface area contributed by atoms with Crippen LogP contribution in [0.15, 0.2) is 17.1 Å². The fourth-order valence-corrected chi connectivity index (χ4v) is 1.70. The van der Waals surface area contributed by atoms with Crippen LogP contribution in [0.3, 0.4) is 0 Å². The van der Waals surface area contributed by atoms with Crippen LogP contribution in [0.4, 0.5) is 5.69 Å². The molecule has 0 spiro atoms. The number of aliphatic imine (C=N–C) groups is 1. The summed E-state index contributed by atoms with van der Waals surface area (Å²) in [6, 6.07) is 3.16. The number of rotatable bonds is 1. The molecule has 0 aromatic heterocycles. The fraction of sp³-hybridized carbons (Fsp3) is 0.182. The van der Waals surface area contributed by atoms with Crippen LogP contribution in [0, 0.1) is 6.92 Å². The quantitative estimate of drug-likeness (QED) is 0.816. The SMILES string of the molecule is Cc1cc2c(cc1Cl)C(=O)CC(C(=O)O)=N2. The Labute approximate surface area is 96.6 Å². The smallest absolute Gasteiger partial charge is 0.350 e. The Kier molecular flexibility index (Phi) is 2.52. The van der Waals surface area contributed by atoms with Gasteiger partial charge in [-0.1, -0.05) is 11.6 Å². The number of carboxylic acid groups (broad SMARTS) is 1. The Bertz CT molecular complexity index is 534. The number of halogens is 1. The summed E-state index contributed by atoms with van der Waals surface area (Å²) in [6.45, 7) is 1.78. The highest BCUT2D eigenvalue weighted by Crippen LogP contribution is 2.31. The molecule has 0 aliphatic carbocycles. The van der Waals surface area contributed by atoms with E-state index in [4.69, 9.17) is 16.7 Å². The van der Waals surface area contributed by atoms with Gasteiger partial charge in [-0.3, -0.25) is 4.79 Å². The first-order valence-electron chi connectivity index (χ1n) is 4.63. The lowest BCUT2D eigenvalue weighted by Crippen LogP contribution is -2.21. The van der Waals surface area contributed by atoms with Crippen LogP contribution in [0.5, 0.6) is 0 Å². The third kappa shape index (κ3) is 1.72. The number of benzene rings is 1. The van der Waals surface area contributed by atoms with E-state index in [0.717, 1.165) is 5.56 Å². The lowest BCUT2D eigenvalue weighted by Gasteiger charge is -2.13. The highest BCUT2D eigenvalue weighted by atomic mass is 35.5. The van der Waals surface area contributed by atoms with Crippen LogP contribution in [-0.4, -0.2) is 22.6 Å². The van der Waals surface area contributed by atoms with Gasteiger partial charge in [-0.25, -0.2) is 9.79 Å². The Morgan fingerprint density at radius 1 is 1.50 bits per heavy atom. The van der Waals surface area contributed by atoms with Gasteiger partial charge in [-0.15, -0.1) is 0 Å². The van der Waals surface area contributed by atoms with Crippen LogP contribution < -0.4 is 0 Å². The molecule has 4 nitrogen and oxygen atoms in total. The van der Waals surface area contributed by atoms with Crippen molar-refractivity contribution in [2.75, 3.05) is 0 Å². The molecule has 0 atom stereocenters. The van der Waals surface area contributed by atoms with Gasteiger partial charge in [-0.2, -0.15) is 0 Å². The summed E-state index contributed by atoms with van der Waals surface area (Å²) in [7, 11) is 0. The zero-order valence-corrected chi connectivity index (χ0v) is 9.21. The maximum Gasteiger partial charge on any atom is 0.350 e.